The Balaban J connectivity index is 4.93. The van der Waals surface area contributed by atoms with Gasteiger partial charge in [-0.15, -0.1) is 0 Å². The Hall–Kier alpha value is -0.590. The zero-order chi connectivity index (χ0) is 10.8. The Bertz CT molecular complexity index is 228. The molecule has 0 fully saturated rings. The normalized spacial score (nSPS) is 16.5. The second kappa shape index (κ2) is 4.08. The average Bonchev–Trinajstić information content (AvgIpc) is 1.98. The Kier molecular flexibility index (Phi) is 3.89. The maximum atomic E-state index is 11.2. The summed E-state index contributed by atoms with van der Waals surface area (Å²) >= 11 is 0. The van der Waals surface area contributed by atoms with Gasteiger partial charge in [0.05, 0.1) is 0 Å². The molecule has 0 bridgehead atoms. The lowest BCUT2D eigenvalue weighted by Crippen LogP contribution is -2.15. The van der Waals surface area contributed by atoms with E-state index in [0.29, 0.717) is 0 Å². The van der Waals surface area contributed by atoms with Crippen LogP contribution < -0.4 is 0 Å². The van der Waals surface area contributed by atoms with Gasteiger partial charge in [0, 0.05) is 5.92 Å². The third-order valence-corrected chi connectivity index (χ3v) is 2.98. The summed E-state index contributed by atoms with van der Waals surface area (Å²) in [5.74, 6) is 0.320. The molecule has 1 nitrogen and oxygen atoms in total. The lowest BCUT2D eigenvalue weighted by Gasteiger charge is -2.24. The molecule has 0 saturated heterocycles. The van der Waals surface area contributed by atoms with Crippen molar-refractivity contribution in [3.63, 3.8) is 0 Å². The maximum Gasteiger partial charge on any atom is 0.136 e. The van der Waals surface area contributed by atoms with Crippen LogP contribution in [-0.2, 0) is 4.79 Å². The molecule has 0 saturated carbocycles. The van der Waals surface area contributed by atoms with Gasteiger partial charge < -0.3 is 0 Å². The standard InChI is InChI=1S/C12H22O/c1-8(9(2)11(4)13)10(3)12(5,6)7/h9H,1-7H3. The number of allylic oxidation sites excluding steroid dienone is 2. The van der Waals surface area contributed by atoms with Crippen LogP contribution in [-0.4, -0.2) is 5.78 Å². The highest BCUT2D eigenvalue weighted by atomic mass is 16.1. The van der Waals surface area contributed by atoms with Crippen molar-refractivity contribution in [2.45, 2.75) is 48.5 Å². The second-order valence-electron chi connectivity index (χ2n) is 4.89. The first-order chi connectivity index (χ1) is 5.68. The van der Waals surface area contributed by atoms with E-state index in [2.05, 4.69) is 34.6 Å². The van der Waals surface area contributed by atoms with Crippen LogP contribution in [0.3, 0.4) is 0 Å². The van der Waals surface area contributed by atoms with E-state index in [1.165, 1.54) is 11.1 Å². The van der Waals surface area contributed by atoms with Gasteiger partial charge in [-0.2, -0.15) is 0 Å². The Morgan fingerprint density at radius 2 is 1.46 bits per heavy atom. The molecule has 0 N–H and O–H groups in total. The van der Waals surface area contributed by atoms with Gasteiger partial charge in [0.1, 0.15) is 5.78 Å². The van der Waals surface area contributed by atoms with E-state index in [1.54, 1.807) is 6.92 Å². The van der Waals surface area contributed by atoms with Crippen molar-refractivity contribution in [1.82, 2.24) is 0 Å². The molecule has 0 spiro atoms. The van der Waals surface area contributed by atoms with Crippen LogP contribution in [0.4, 0.5) is 0 Å². The number of Topliss-reactive ketones (excluding diaryl/α,β-unsaturated/α-hetero) is 1. The SMILES string of the molecule is CC(=O)C(C)C(C)=C(C)C(C)(C)C. The summed E-state index contributed by atoms with van der Waals surface area (Å²) in [6.45, 7) is 14.4. The lowest BCUT2D eigenvalue weighted by molar-refractivity contribution is -0.119. The molecule has 1 unspecified atom stereocenters. The molecule has 76 valence electrons. The second-order valence-corrected chi connectivity index (χ2v) is 4.89. The Labute approximate surface area is 82.2 Å². The third-order valence-electron chi connectivity index (χ3n) is 2.98. The summed E-state index contributed by atoms with van der Waals surface area (Å²) < 4.78 is 0. The van der Waals surface area contributed by atoms with E-state index in [0.717, 1.165) is 0 Å². The van der Waals surface area contributed by atoms with E-state index in [-0.39, 0.29) is 17.1 Å². The topological polar surface area (TPSA) is 17.1 Å². The summed E-state index contributed by atoms with van der Waals surface area (Å²) in [7, 11) is 0. The maximum absolute atomic E-state index is 11.2. The largest absolute Gasteiger partial charge is 0.299 e. The molecule has 0 rings (SSSR count). The summed E-state index contributed by atoms with van der Waals surface area (Å²) in [6.07, 6.45) is 0. The van der Waals surface area contributed by atoms with E-state index in [4.69, 9.17) is 0 Å². The molecule has 0 heterocycles. The molecule has 13 heavy (non-hydrogen) atoms. The van der Waals surface area contributed by atoms with E-state index < -0.39 is 0 Å². The predicted molar refractivity (Wildman–Crippen MR) is 57.7 cm³/mol. The molecule has 0 aromatic rings. The first-order valence-electron chi connectivity index (χ1n) is 4.86. The van der Waals surface area contributed by atoms with Crippen LogP contribution in [0.5, 0.6) is 0 Å². The minimum Gasteiger partial charge on any atom is -0.299 e. The molecule has 0 radical (unpaired) electrons. The minimum atomic E-state index is 0.0687. The zero-order valence-corrected chi connectivity index (χ0v) is 9.99. The van der Waals surface area contributed by atoms with Gasteiger partial charge in [-0.05, 0) is 26.2 Å². The smallest absolute Gasteiger partial charge is 0.136 e. The van der Waals surface area contributed by atoms with E-state index in [1.807, 2.05) is 6.92 Å². The number of rotatable bonds is 2. The van der Waals surface area contributed by atoms with Crippen molar-refractivity contribution in [3.8, 4) is 0 Å². The number of hydrogen-bond donors (Lipinski definition) is 0. The number of carbonyl (C=O) groups is 1. The molecule has 1 atom stereocenters. The third kappa shape index (κ3) is 3.33. The predicted octanol–water partition coefficient (Wildman–Crippen LogP) is 3.59. The number of hydrogen-bond acceptors (Lipinski definition) is 1. The van der Waals surface area contributed by atoms with Crippen molar-refractivity contribution in [2.75, 3.05) is 0 Å². The van der Waals surface area contributed by atoms with Gasteiger partial charge >= 0.3 is 0 Å². The molecular weight excluding hydrogens is 160 g/mol. The van der Waals surface area contributed by atoms with Gasteiger partial charge in [-0.25, -0.2) is 0 Å². The first kappa shape index (κ1) is 12.4. The molecular formula is C12H22O. The molecule has 0 aliphatic heterocycles. The molecule has 0 amide bonds. The molecule has 0 aliphatic rings. The molecule has 0 aliphatic carbocycles. The van der Waals surface area contributed by atoms with Gasteiger partial charge in [-0.1, -0.05) is 38.8 Å². The first-order valence-corrected chi connectivity index (χ1v) is 4.86. The van der Waals surface area contributed by atoms with Crippen LogP contribution in [0.15, 0.2) is 11.1 Å². The minimum absolute atomic E-state index is 0.0687. The summed E-state index contributed by atoms with van der Waals surface area (Å²) in [5, 5.41) is 0. The Morgan fingerprint density at radius 3 is 1.69 bits per heavy atom. The van der Waals surface area contributed by atoms with Crippen LogP contribution in [0.25, 0.3) is 0 Å². The quantitative estimate of drug-likeness (QED) is 0.596. The fraction of sp³-hybridized carbons (Fsp3) is 0.750. The highest BCUT2D eigenvalue weighted by molar-refractivity contribution is 5.80. The van der Waals surface area contributed by atoms with Gasteiger partial charge in [0.2, 0.25) is 0 Å². The van der Waals surface area contributed by atoms with Crippen molar-refractivity contribution >= 4 is 5.78 Å². The van der Waals surface area contributed by atoms with E-state index in [9.17, 15) is 4.79 Å². The van der Waals surface area contributed by atoms with Crippen LogP contribution >= 0.6 is 0 Å². The zero-order valence-electron chi connectivity index (χ0n) is 9.99. The van der Waals surface area contributed by atoms with Crippen molar-refractivity contribution in [2.24, 2.45) is 11.3 Å². The fourth-order valence-electron chi connectivity index (χ4n) is 1.22. The van der Waals surface area contributed by atoms with Crippen molar-refractivity contribution in [1.29, 1.82) is 0 Å². The summed E-state index contributed by atoms with van der Waals surface area (Å²) in [4.78, 5) is 11.2. The van der Waals surface area contributed by atoms with Crippen molar-refractivity contribution in [3.05, 3.63) is 11.1 Å². The Morgan fingerprint density at radius 1 is 1.08 bits per heavy atom. The van der Waals surface area contributed by atoms with Crippen molar-refractivity contribution < 1.29 is 4.79 Å². The van der Waals surface area contributed by atoms with Gasteiger partial charge in [-0.3, -0.25) is 4.79 Å². The van der Waals surface area contributed by atoms with Gasteiger partial charge in [0.25, 0.3) is 0 Å². The molecule has 0 aromatic carbocycles. The summed E-state index contributed by atoms with van der Waals surface area (Å²) in [6, 6.07) is 0. The monoisotopic (exact) mass is 182 g/mol. The summed E-state index contributed by atoms with van der Waals surface area (Å²) in [5.41, 5.74) is 2.73. The lowest BCUT2D eigenvalue weighted by atomic mass is 9.81. The number of carbonyl (C=O) groups excluding carboxylic acids is 1. The van der Waals surface area contributed by atoms with Crippen LogP contribution in [0.2, 0.25) is 0 Å². The molecule has 0 aromatic heterocycles. The van der Waals surface area contributed by atoms with Crippen LogP contribution in [0, 0.1) is 11.3 Å². The van der Waals surface area contributed by atoms with Gasteiger partial charge in [0.15, 0.2) is 0 Å². The number of ketones is 1. The van der Waals surface area contributed by atoms with Crippen LogP contribution in [0.1, 0.15) is 48.5 Å². The highest BCUT2D eigenvalue weighted by Crippen LogP contribution is 2.30. The fourth-order valence-corrected chi connectivity index (χ4v) is 1.22. The molecule has 1 heteroatoms. The van der Waals surface area contributed by atoms with E-state index >= 15 is 0 Å². The highest BCUT2D eigenvalue weighted by Gasteiger charge is 2.19. The average molecular weight is 182 g/mol.